The second kappa shape index (κ2) is 10.5. The summed E-state index contributed by atoms with van der Waals surface area (Å²) in [6.45, 7) is 1.47. The van der Waals surface area contributed by atoms with Crippen molar-refractivity contribution in [3.8, 4) is 5.75 Å². The molecule has 1 fully saturated rings. The molecule has 0 unspecified atom stereocenters. The number of benzene rings is 3. The molecule has 2 aliphatic heterocycles. The van der Waals surface area contributed by atoms with Crippen LogP contribution in [0.25, 0.3) is 0 Å². The first-order chi connectivity index (χ1) is 20.5. The number of sulfonamides is 2. The summed E-state index contributed by atoms with van der Waals surface area (Å²) in [6, 6.07) is 16.5. The van der Waals surface area contributed by atoms with Gasteiger partial charge in [-0.25, -0.2) is 26.3 Å². The van der Waals surface area contributed by atoms with Gasteiger partial charge < -0.3 is 9.64 Å². The van der Waals surface area contributed by atoms with Crippen molar-refractivity contribution in [1.82, 2.24) is 9.44 Å². The lowest BCUT2D eigenvalue weighted by molar-refractivity contribution is -0.118. The summed E-state index contributed by atoms with van der Waals surface area (Å²) in [5, 5.41) is 0.686. The Hall–Kier alpha value is -3.12. The van der Waals surface area contributed by atoms with Gasteiger partial charge in [0, 0.05) is 29.6 Å². The monoisotopic (exact) mass is 641 g/mol. The number of carbonyl (C=O) groups is 1. The fourth-order valence-electron chi connectivity index (χ4n) is 7.01. The van der Waals surface area contributed by atoms with Crippen molar-refractivity contribution in [3.05, 3.63) is 82.4 Å². The van der Waals surface area contributed by atoms with E-state index in [1.54, 1.807) is 24.3 Å². The Morgan fingerprint density at radius 3 is 2.60 bits per heavy atom. The van der Waals surface area contributed by atoms with Crippen LogP contribution in [0.1, 0.15) is 42.4 Å². The average Bonchev–Trinajstić information content (AvgIpc) is 3.10. The first-order valence-electron chi connectivity index (χ1n) is 14.5. The maximum Gasteiger partial charge on any atom is 0.264 e. The quantitative estimate of drug-likeness (QED) is 0.382. The SMILES string of the molecule is O=C1Cc2cccc(c2)S(=O)(=O)N[C@@H]2CC[C@H]2CN2C[C@@]3(CCCc4cc(Cl)ccc43)COc3ccc(cc32)S(=O)(=O)N1. The Balaban J connectivity index is 1.33. The predicted octanol–water partition coefficient (Wildman–Crippen LogP) is 3.93. The number of amides is 1. The van der Waals surface area contributed by atoms with Crippen LogP contribution < -0.4 is 19.1 Å². The molecule has 2 heterocycles. The van der Waals surface area contributed by atoms with E-state index in [4.69, 9.17) is 16.3 Å². The zero-order valence-corrected chi connectivity index (χ0v) is 25.8. The summed E-state index contributed by atoms with van der Waals surface area (Å²) in [6.07, 6.45) is 3.99. The van der Waals surface area contributed by atoms with Crippen LogP contribution in [0.5, 0.6) is 5.75 Å². The van der Waals surface area contributed by atoms with Gasteiger partial charge in [-0.1, -0.05) is 29.8 Å². The minimum atomic E-state index is -4.21. The fourth-order valence-corrected chi connectivity index (χ4v) is 9.61. The van der Waals surface area contributed by atoms with Crippen molar-refractivity contribution < 1.29 is 26.4 Å². The van der Waals surface area contributed by atoms with Crippen LogP contribution in [0, 0.1) is 5.92 Å². The van der Waals surface area contributed by atoms with Gasteiger partial charge in [0.1, 0.15) is 5.75 Å². The Bertz CT molecular complexity index is 1850. The molecule has 9 nitrogen and oxygen atoms in total. The van der Waals surface area contributed by atoms with E-state index in [2.05, 4.69) is 20.4 Å². The summed E-state index contributed by atoms with van der Waals surface area (Å²) in [4.78, 5) is 15.0. The molecule has 0 aromatic heterocycles. The molecule has 4 bridgehead atoms. The van der Waals surface area contributed by atoms with Crippen LogP contribution in [0.4, 0.5) is 5.69 Å². The van der Waals surface area contributed by atoms with E-state index in [9.17, 15) is 21.6 Å². The minimum absolute atomic E-state index is 0.00195. The largest absolute Gasteiger partial charge is 0.490 e. The van der Waals surface area contributed by atoms with Crippen molar-refractivity contribution >= 4 is 43.2 Å². The first kappa shape index (κ1) is 28.6. The third-order valence-electron chi connectivity index (χ3n) is 9.32. The highest BCUT2D eigenvalue weighted by atomic mass is 35.5. The molecule has 4 aliphatic rings. The number of nitrogens with zero attached hydrogens (tertiary/aromatic N) is 1. The van der Waals surface area contributed by atoms with Gasteiger partial charge in [0.25, 0.3) is 10.0 Å². The summed E-state index contributed by atoms with van der Waals surface area (Å²) < 4.78 is 65.2. The highest BCUT2D eigenvalue weighted by Gasteiger charge is 2.44. The lowest BCUT2D eigenvalue weighted by Gasteiger charge is -2.44. The summed E-state index contributed by atoms with van der Waals surface area (Å²) in [7, 11) is -8.08. The number of nitrogens with one attached hydrogen (secondary N) is 2. The topological polar surface area (TPSA) is 122 Å². The molecule has 3 aromatic carbocycles. The minimum Gasteiger partial charge on any atom is -0.490 e. The highest BCUT2D eigenvalue weighted by Crippen LogP contribution is 2.46. The second-order valence-electron chi connectivity index (χ2n) is 12.2. The average molecular weight is 642 g/mol. The van der Waals surface area contributed by atoms with Crippen LogP contribution in [-0.2, 0) is 43.1 Å². The first-order valence-corrected chi connectivity index (χ1v) is 17.8. The van der Waals surface area contributed by atoms with E-state index >= 15 is 0 Å². The van der Waals surface area contributed by atoms with Crippen LogP contribution in [-0.4, -0.2) is 48.5 Å². The molecule has 43 heavy (non-hydrogen) atoms. The lowest BCUT2D eigenvalue weighted by atomic mass is 9.69. The van der Waals surface area contributed by atoms with Gasteiger partial charge in [-0.05, 0) is 97.2 Å². The Labute approximate surface area is 256 Å². The van der Waals surface area contributed by atoms with Crippen LogP contribution in [0.2, 0.25) is 5.02 Å². The third kappa shape index (κ3) is 5.30. The number of anilines is 1. The van der Waals surface area contributed by atoms with E-state index in [0.29, 0.717) is 48.1 Å². The van der Waals surface area contributed by atoms with E-state index in [-0.39, 0.29) is 33.6 Å². The van der Waals surface area contributed by atoms with Gasteiger partial charge in [0.05, 0.1) is 28.5 Å². The normalized spacial score (nSPS) is 27.5. The van der Waals surface area contributed by atoms with Gasteiger partial charge in [0.2, 0.25) is 15.9 Å². The van der Waals surface area contributed by atoms with Crippen molar-refractivity contribution in [1.29, 1.82) is 0 Å². The molecule has 1 spiro atoms. The number of ether oxygens (including phenoxy) is 1. The van der Waals surface area contributed by atoms with Gasteiger partial charge in [-0.3, -0.25) is 4.79 Å². The third-order valence-corrected chi connectivity index (χ3v) is 12.4. The molecule has 1 amide bonds. The Morgan fingerprint density at radius 1 is 0.953 bits per heavy atom. The van der Waals surface area contributed by atoms with Crippen LogP contribution >= 0.6 is 11.6 Å². The van der Waals surface area contributed by atoms with E-state index in [1.807, 2.05) is 12.1 Å². The molecule has 3 atom stereocenters. The number of fused-ring (bicyclic) bond motifs is 6. The van der Waals surface area contributed by atoms with Gasteiger partial charge >= 0.3 is 0 Å². The summed E-state index contributed by atoms with van der Waals surface area (Å²) in [5.41, 5.74) is 3.00. The number of aryl methyl sites for hydroxylation is 1. The van der Waals surface area contributed by atoms with Gasteiger partial charge in [0.15, 0.2) is 0 Å². The van der Waals surface area contributed by atoms with E-state index < -0.39 is 26.0 Å². The molecule has 12 heteroatoms. The smallest absolute Gasteiger partial charge is 0.264 e. The number of rotatable bonds is 0. The van der Waals surface area contributed by atoms with Gasteiger partial charge in [-0.2, -0.15) is 0 Å². The molecule has 1 saturated carbocycles. The molecular formula is C31H32ClN3O6S2. The molecule has 0 radical (unpaired) electrons. The number of halogens is 1. The number of hydrogen-bond acceptors (Lipinski definition) is 7. The molecule has 2 aliphatic carbocycles. The standard InChI is InChI=1S/C31H32ClN3O6S2/c32-23-7-9-26-21(15-23)4-2-12-31(26)18-35-17-22-6-10-27(22)33-42(37,38)24-5-1-3-20(13-24)14-30(36)34-43(39,40)25-8-11-29(41-19-31)28(35)16-25/h1,3,5,7-9,11,13,15-16,22,27,33H,2,4,6,10,12,14,17-19H2,(H,34,36)/t22-,27+,31-/m0/s1. The molecular weight excluding hydrogens is 610 g/mol. The Kier molecular flexibility index (Phi) is 7.00. The van der Waals surface area contributed by atoms with Crippen molar-refractivity contribution in [2.75, 3.05) is 24.6 Å². The maximum absolute atomic E-state index is 13.4. The van der Waals surface area contributed by atoms with Crippen molar-refractivity contribution in [3.63, 3.8) is 0 Å². The zero-order chi connectivity index (χ0) is 30.0. The van der Waals surface area contributed by atoms with Gasteiger partial charge in [-0.15, -0.1) is 0 Å². The highest BCUT2D eigenvalue weighted by molar-refractivity contribution is 7.90. The molecule has 2 N–H and O–H groups in total. The van der Waals surface area contributed by atoms with E-state index in [1.165, 1.54) is 29.3 Å². The zero-order valence-electron chi connectivity index (χ0n) is 23.4. The van der Waals surface area contributed by atoms with E-state index in [0.717, 1.165) is 25.7 Å². The molecule has 226 valence electrons. The Morgan fingerprint density at radius 2 is 1.79 bits per heavy atom. The molecule has 0 saturated heterocycles. The fraction of sp³-hybridized carbons (Fsp3) is 0.387. The molecule has 3 aromatic rings. The van der Waals surface area contributed by atoms with Crippen LogP contribution in [0.3, 0.4) is 0 Å². The maximum atomic E-state index is 13.4. The predicted molar refractivity (Wildman–Crippen MR) is 163 cm³/mol. The number of carbonyl (C=O) groups excluding carboxylic acids is 1. The molecule has 7 rings (SSSR count). The van der Waals surface area contributed by atoms with Crippen molar-refractivity contribution in [2.24, 2.45) is 5.92 Å². The summed E-state index contributed by atoms with van der Waals surface area (Å²) >= 11 is 6.36. The number of hydrogen-bond donors (Lipinski definition) is 2. The van der Waals surface area contributed by atoms with Crippen LogP contribution in [0.15, 0.2) is 70.5 Å². The summed E-state index contributed by atoms with van der Waals surface area (Å²) in [5.74, 6) is -0.203. The lowest BCUT2D eigenvalue weighted by Crippen LogP contribution is -2.53. The van der Waals surface area contributed by atoms with Crippen molar-refractivity contribution in [2.45, 2.75) is 59.8 Å². The second-order valence-corrected chi connectivity index (χ2v) is 16.0.